The van der Waals surface area contributed by atoms with Crippen LogP contribution in [-0.2, 0) is 17.3 Å². The van der Waals surface area contributed by atoms with E-state index in [2.05, 4.69) is 155 Å². The van der Waals surface area contributed by atoms with Gasteiger partial charge < -0.3 is 14.5 Å². The lowest BCUT2D eigenvalue weighted by atomic mass is 9.33. The van der Waals surface area contributed by atoms with E-state index >= 15 is 0 Å². The number of benzene rings is 5. The maximum atomic E-state index is 6.48. The molecule has 224 valence electrons. The highest BCUT2D eigenvalue weighted by molar-refractivity contribution is 7.00. The summed E-state index contributed by atoms with van der Waals surface area (Å²) in [5.41, 5.74) is 16.7. The van der Waals surface area contributed by atoms with Crippen molar-refractivity contribution >= 4 is 57.2 Å². The van der Waals surface area contributed by atoms with Crippen molar-refractivity contribution in [2.24, 2.45) is 0 Å². The Morgan fingerprint density at radius 2 is 1.27 bits per heavy atom. The van der Waals surface area contributed by atoms with Crippen LogP contribution in [0.15, 0.2) is 97.1 Å². The molecule has 45 heavy (non-hydrogen) atoms. The number of anilines is 6. The predicted octanol–water partition coefficient (Wildman–Crippen LogP) is 8.61. The molecule has 8 rings (SSSR count). The van der Waals surface area contributed by atoms with E-state index in [1.54, 1.807) is 0 Å². The molecule has 3 aliphatic rings. The first kappa shape index (κ1) is 28.1. The zero-order chi connectivity index (χ0) is 31.2. The Balaban J connectivity index is 1.47. The Hall–Kier alpha value is -4.44. The van der Waals surface area contributed by atoms with Crippen LogP contribution in [0, 0.1) is 6.92 Å². The molecule has 3 nitrogen and oxygen atoms in total. The number of ether oxygens (including phenoxy) is 1. The zero-order valence-corrected chi connectivity index (χ0v) is 27.5. The van der Waals surface area contributed by atoms with Crippen molar-refractivity contribution in [1.82, 2.24) is 0 Å². The maximum Gasteiger partial charge on any atom is 0.252 e. The van der Waals surface area contributed by atoms with Gasteiger partial charge in [0.2, 0.25) is 0 Å². The van der Waals surface area contributed by atoms with Crippen LogP contribution in [-0.4, -0.2) is 13.3 Å². The van der Waals surface area contributed by atoms with Crippen LogP contribution in [0.4, 0.5) is 34.1 Å². The monoisotopic (exact) mass is 588 g/mol. The molecule has 0 saturated heterocycles. The highest BCUT2D eigenvalue weighted by Crippen LogP contribution is 2.49. The number of nitrogens with zero attached hydrogens (tertiary/aromatic N) is 2. The first-order chi connectivity index (χ1) is 21.5. The van der Waals surface area contributed by atoms with Gasteiger partial charge in [0.1, 0.15) is 5.75 Å². The summed E-state index contributed by atoms with van der Waals surface area (Å²) < 4.78 is 6.48. The Kier molecular flexibility index (Phi) is 6.10. The summed E-state index contributed by atoms with van der Waals surface area (Å²) in [6.07, 6.45) is 0.949. The fourth-order valence-electron chi connectivity index (χ4n) is 7.56. The van der Waals surface area contributed by atoms with E-state index in [4.69, 9.17) is 4.74 Å². The second kappa shape index (κ2) is 9.78. The van der Waals surface area contributed by atoms with E-state index in [-0.39, 0.29) is 17.5 Å². The molecule has 0 spiro atoms. The minimum Gasteiger partial charge on any atom is -0.491 e. The van der Waals surface area contributed by atoms with Gasteiger partial charge in [0, 0.05) is 34.9 Å². The SMILES string of the molecule is Cc1cc2c3c(c1)N(c1ccccc1)c1c(ccc4c1OCC4)B3c1cc(C(C)(C)C)ccc1N2c1ccc(C(C)(C)C)cc1. The second-order valence-corrected chi connectivity index (χ2v) is 15.1. The molecule has 0 amide bonds. The molecule has 0 bridgehead atoms. The van der Waals surface area contributed by atoms with Gasteiger partial charge in [-0.25, -0.2) is 0 Å². The molecule has 0 aliphatic carbocycles. The first-order valence-electron chi connectivity index (χ1n) is 16.3. The van der Waals surface area contributed by atoms with E-state index in [0.29, 0.717) is 0 Å². The molecule has 3 heterocycles. The summed E-state index contributed by atoms with van der Waals surface area (Å²) in [6.45, 7) is 16.8. The minimum absolute atomic E-state index is 0.0270. The van der Waals surface area contributed by atoms with Crippen LogP contribution in [0.2, 0.25) is 0 Å². The zero-order valence-electron chi connectivity index (χ0n) is 27.5. The molecular weight excluding hydrogens is 547 g/mol. The van der Waals surface area contributed by atoms with Crippen LogP contribution < -0.4 is 30.9 Å². The average Bonchev–Trinajstić information content (AvgIpc) is 3.49. The van der Waals surface area contributed by atoms with Crippen molar-refractivity contribution in [2.45, 2.75) is 65.7 Å². The van der Waals surface area contributed by atoms with Crippen molar-refractivity contribution in [1.29, 1.82) is 0 Å². The van der Waals surface area contributed by atoms with Crippen molar-refractivity contribution in [3.8, 4) is 5.75 Å². The predicted molar refractivity (Wildman–Crippen MR) is 192 cm³/mol. The van der Waals surface area contributed by atoms with Gasteiger partial charge in [-0.15, -0.1) is 0 Å². The lowest BCUT2D eigenvalue weighted by molar-refractivity contribution is 0.358. The molecule has 3 aliphatic heterocycles. The highest BCUT2D eigenvalue weighted by atomic mass is 16.5. The van der Waals surface area contributed by atoms with E-state index in [9.17, 15) is 0 Å². The summed E-state index contributed by atoms with van der Waals surface area (Å²) >= 11 is 0. The van der Waals surface area contributed by atoms with Gasteiger partial charge >= 0.3 is 0 Å². The molecule has 0 aromatic heterocycles. The van der Waals surface area contributed by atoms with Gasteiger partial charge in [-0.05, 0) is 98.9 Å². The molecule has 5 aromatic rings. The van der Waals surface area contributed by atoms with Crippen LogP contribution >= 0.6 is 0 Å². The summed E-state index contributed by atoms with van der Waals surface area (Å²) in [5, 5.41) is 0. The lowest BCUT2D eigenvalue weighted by Gasteiger charge is -2.45. The Labute approximate surface area is 268 Å². The first-order valence-corrected chi connectivity index (χ1v) is 16.3. The molecule has 0 fully saturated rings. The average molecular weight is 589 g/mol. The fourth-order valence-corrected chi connectivity index (χ4v) is 7.56. The topological polar surface area (TPSA) is 15.7 Å². The van der Waals surface area contributed by atoms with Crippen molar-refractivity contribution in [3.63, 3.8) is 0 Å². The van der Waals surface area contributed by atoms with Crippen molar-refractivity contribution in [3.05, 3.63) is 119 Å². The molecular formula is C41H41BN2O. The van der Waals surface area contributed by atoms with E-state index in [1.807, 2.05) is 0 Å². The van der Waals surface area contributed by atoms with E-state index in [1.165, 1.54) is 67.1 Å². The number of fused-ring (bicyclic) bond motifs is 6. The van der Waals surface area contributed by atoms with Gasteiger partial charge in [0.15, 0.2) is 0 Å². The summed E-state index contributed by atoms with van der Waals surface area (Å²) in [7, 11) is 0. The highest BCUT2D eigenvalue weighted by Gasteiger charge is 2.45. The molecule has 5 aromatic carbocycles. The maximum absolute atomic E-state index is 6.48. The molecule has 0 atom stereocenters. The van der Waals surface area contributed by atoms with Crippen LogP contribution in [0.5, 0.6) is 5.75 Å². The summed E-state index contributed by atoms with van der Waals surface area (Å²) in [6, 6.07) is 36.7. The van der Waals surface area contributed by atoms with Gasteiger partial charge in [0.25, 0.3) is 6.71 Å². The third kappa shape index (κ3) is 4.33. The standard InChI is InChI=1S/C41H41BN2O/c1-26-23-35-37-36(24-26)44(30-11-9-8-10-12-30)38-32(19-13-27-21-22-45-39(27)38)42(37)33-25-29(41(5,6)7)16-20-34(33)43(35)31-17-14-28(15-18-31)40(2,3)4/h8-20,23-25H,21-22H2,1-7H3. The van der Waals surface area contributed by atoms with Crippen LogP contribution in [0.3, 0.4) is 0 Å². The normalized spacial score (nSPS) is 14.9. The minimum atomic E-state index is 0.0270. The Bertz CT molecular complexity index is 1970. The third-order valence-corrected chi connectivity index (χ3v) is 9.90. The Morgan fingerprint density at radius 1 is 0.622 bits per heavy atom. The van der Waals surface area contributed by atoms with Crippen LogP contribution in [0.1, 0.15) is 63.8 Å². The molecule has 0 unspecified atom stereocenters. The smallest absolute Gasteiger partial charge is 0.252 e. The molecule has 4 heteroatoms. The third-order valence-electron chi connectivity index (χ3n) is 9.90. The quantitative estimate of drug-likeness (QED) is 0.188. The van der Waals surface area contributed by atoms with Gasteiger partial charge in [0.05, 0.1) is 12.3 Å². The largest absolute Gasteiger partial charge is 0.491 e. The molecule has 0 radical (unpaired) electrons. The number of hydrogen-bond acceptors (Lipinski definition) is 3. The van der Waals surface area contributed by atoms with Gasteiger partial charge in [-0.3, -0.25) is 0 Å². The summed E-state index contributed by atoms with van der Waals surface area (Å²) in [4.78, 5) is 4.98. The van der Waals surface area contributed by atoms with Gasteiger partial charge in [-0.2, -0.15) is 0 Å². The van der Waals surface area contributed by atoms with Crippen molar-refractivity contribution in [2.75, 3.05) is 16.4 Å². The van der Waals surface area contributed by atoms with Crippen LogP contribution in [0.25, 0.3) is 0 Å². The number of aryl methyl sites for hydroxylation is 1. The second-order valence-electron chi connectivity index (χ2n) is 15.1. The number of hydrogen-bond donors (Lipinski definition) is 0. The van der Waals surface area contributed by atoms with Crippen molar-refractivity contribution < 1.29 is 4.74 Å². The molecule has 0 saturated carbocycles. The molecule has 0 N–H and O–H groups in total. The van der Waals surface area contributed by atoms with E-state index < -0.39 is 0 Å². The van der Waals surface area contributed by atoms with Gasteiger partial charge in [-0.1, -0.05) is 96.1 Å². The fraction of sp³-hybridized carbons (Fsp3) is 0.268. The Morgan fingerprint density at radius 3 is 1.96 bits per heavy atom. The lowest BCUT2D eigenvalue weighted by Crippen LogP contribution is -2.61. The summed E-state index contributed by atoms with van der Waals surface area (Å²) in [5.74, 6) is 1.04. The van der Waals surface area contributed by atoms with E-state index in [0.717, 1.165) is 24.5 Å². The number of para-hydroxylation sites is 1. The number of rotatable bonds is 2.